The van der Waals surface area contributed by atoms with Crippen LogP contribution in [-0.4, -0.2) is 101 Å². The summed E-state index contributed by atoms with van der Waals surface area (Å²) in [6, 6.07) is 13.0. The van der Waals surface area contributed by atoms with Crippen molar-refractivity contribution in [2.75, 3.05) is 0 Å². The second-order valence-electron chi connectivity index (χ2n) is 16.8. The molecule has 11 atom stereocenters. The zero-order chi connectivity index (χ0) is 41.0. The first-order valence-corrected chi connectivity index (χ1v) is 33.0. The monoisotopic (exact) mass is 847 g/mol. The largest absolute Gasteiger partial charge is 0.496 e. The van der Waals surface area contributed by atoms with Crippen LogP contribution >= 0.6 is 0 Å². The van der Waals surface area contributed by atoms with Gasteiger partial charge in [-0.1, -0.05) is 83.1 Å². The van der Waals surface area contributed by atoms with Gasteiger partial charge in [0.05, 0.1) is 42.9 Å². The molecular weight excluding hydrogens is 761 g/mol. The quantitative estimate of drug-likeness (QED) is 0.0882. The lowest BCUT2D eigenvalue weighted by Gasteiger charge is -2.50. The Bertz CT molecular complexity index is 1080. The number of hydrogen-bond donors (Lipinski definition) is 0. The molecule has 3 heterocycles. The predicted octanol–water partition coefficient (Wildman–Crippen LogP) is 11.5. The second kappa shape index (κ2) is 22.6. The molecule has 0 aromatic carbocycles. The summed E-state index contributed by atoms with van der Waals surface area (Å²) in [5, 5.41) is 0. The molecule has 0 bridgehead atoms. The fraction of sp³-hybridized carbons (Fsp3) is 0.952. The molecule has 2 fully saturated rings. The maximum atomic E-state index is 7.36. The first kappa shape index (κ1) is 49.4. The van der Waals surface area contributed by atoms with E-state index in [1.54, 1.807) is 6.26 Å². The van der Waals surface area contributed by atoms with Crippen molar-refractivity contribution in [3.63, 3.8) is 0 Å². The van der Waals surface area contributed by atoms with E-state index in [0.29, 0.717) is 12.8 Å². The van der Waals surface area contributed by atoms with Crippen molar-refractivity contribution >= 4 is 33.3 Å². The van der Waals surface area contributed by atoms with Crippen LogP contribution < -0.4 is 0 Å². The van der Waals surface area contributed by atoms with Crippen molar-refractivity contribution in [3.05, 3.63) is 12.3 Å². The van der Waals surface area contributed by atoms with Crippen LogP contribution in [0, 0.1) is 0 Å². The SMILES string of the molecule is CC[Si](CC)(CC)O[C@H]1[C@@H](O[Si](CC)(CC)CC)C[C@H](O[C@H]2[C@@H](O[Si](CC)(CC)CC)C[C@H](O[C@H]3[C@@H](O[Si](CC)(CC)CC)C=CO[C@@H]3C)O[C@@H]2C)O[C@@H]1C. The Morgan fingerprint density at radius 2 is 0.782 bits per heavy atom. The fourth-order valence-corrected chi connectivity index (χ4v) is 20.8. The maximum Gasteiger partial charge on any atom is 0.193 e. The summed E-state index contributed by atoms with van der Waals surface area (Å²) in [4.78, 5) is 0. The van der Waals surface area contributed by atoms with Crippen LogP contribution in [0.2, 0.25) is 72.5 Å². The highest BCUT2D eigenvalue weighted by Crippen LogP contribution is 2.39. The van der Waals surface area contributed by atoms with E-state index in [0.717, 1.165) is 72.5 Å². The van der Waals surface area contributed by atoms with Gasteiger partial charge in [0.15, 0.2) is 45.8 Å². The van der Waals surface area contributed by atoms with Gasteiger partial charge in [0, 0.05) is 12.8 Å². The highest BCUT2D eigenvalue weighted by Gasteiger charge is 2.50. The number of ether oxygens (including phenoxy) is 5. The Hall–Kier alpha value is 0.0875. The molecule has 0 amide bonds. The van der Waals surface area contributed by atoms with E-state index in [-0.39, 0.29) is 54.9 Å². The third kappa shape index (κ3) is 12.1. The minimum Gasteiger partial charge on any atom is -0.496 e. The summed E-state index contributed by atoms with van der Waals surface area (Å²) < 4.78 is 62.6. The number of hydrogen-bond acceptors (Lipinski definition) is 9. The van der Waals surface area contributed by atoms with Gasteiger partial charge in [-0.05, 0) is 99.4 Å². The predicted molar refractivity (Wildman–Crippen MR) is 236 cm³/mol. The van der Waals surface area contributed by atoms with Gasteiger partial charge in [-0.25, -0.2) is 0 Å². The summed E-state index contributed by atoms with van der Waals surface area (Å²) in [6.45, 7) is 33.9. The molecule has 0 aromatic rings. The minimum atomic E-state index is -2.04. The smallest absolute Gasteiger partial charge is 0.193 e. The highest BCUT2D eigenvalue weighted by molar-refractivity contribution is 6.75. The Labute approximate surface area is 342 Å². The maximum absolute atomic E-state index is 7.36. The molecular formula is C42H86O9Si4. The molecule has 3 rings (SSSR count). The molecule has 2 saturated heterocycles. The van der Waals surface area contributed by atoms with Crippen LogP contribution in [0.3, 0.4) is 0 Å². The molecule has 0 aliphatic carbocycles. The zero-order valence-electron chi connectivity index (χ0n) is 38.1. The lowest BCUT2D eigenvalue weighted by atomic mass is 10.00. The van der Waals surface area contributed by atoms with E-state index in [1.807, 2.05) is 6.08 Å². The van der Waals surface area contributed by atoms with Crippen molar-refractivity contribution in [1.29, 1.82) is 0 Å². The molecule has 0 spiro atoms. The Morgan fingerprint density at radius 1 is 0.436 bits per heavy atom. The highest BCUT2D eigenvalue weighted by atomic mass is 28.4. The third-order valence-corrected chi connectivity index (χ3v) is 33.1. The van der Waals surface area contributed by atoms with Crippen molar-refractivity contribution in [3.8, 4) is 0 Å². The van der Waals surface area contributed by atoms with E-state index in [2.05, 4.69) is 104 Å². The van der Waals surface area contributed by atoms with Crippen LogP contribution in [0.4, 0.5) is 0 Å². The van der Waals surface area contributed by atoms with Gasteiger partial charge in [0.2, 0.25) is 0 Å². The van der Waals surface area contributed by atoms with Crippen LogP contribution in [0.5, 0.6) is 0 Å². The minimum absolute atomic E-state index is 0.0785. The standard InChI is InChI=1S/C42H86O9Si4/c1-16-52(17-2,18-3)48-35-28-29-43-32(13)40(35)46-38-30-36(49-53(19-4,20-5)21-6)41(33(14)44-38)47-39-31-37(50-54(22-7,23-8)24-9)42(34(15)45-39)51-55(25-10,26-11)27-12/h28-29,32-42H,16-27,30-31H2,1-15H3/t32-,33-,34-,35+,36+,37+,38+,39+,40-,41-,42-/m1/s1. The molecule has 3 aliphatic rings. The average molecular weight is 847 g/mol. The lowest BCUT2D eigenvalue weighted by molar-refractivity contribution is -0.317. The first-order chi connectivity index (χ1) is 26.2. The lowest BCUT2D eigenvalue weighted by Crippen LogP contribution is -2.60. The van der Waals surface area contributed by atoms with Gasteiger partial charge < -0.3 is 41.4 Å². The van der Waals surface area contributed by atoms with Crippen molar-refractivity contribution in [2.24, 2.45) is 0 Å². The number of rotatable bonds is 24. The van der Waals surface area contributed by atoms with Crippen molar-refractivity contribution < 1.29 is 41.4 Å². The topological polar surface area (TPSA) is 83.1 Å². The molecule has 324 valence electrons. The summed E-state index contributed by atoms with van der Waals surface area (Å²) in [5.41, 5.74) is 0. The molecule has 0 saturated carbocycles. The molecule has 9 nitrogen and oxygen atoms in total. The molecule has 55 heavy (non-hydrogen) atoms. The molecule has 0 aromatic heterocycles. The summed E-state index contributed by atoms with van der Waals surface area (Å²) in [5.74, 6) is 0. The second-order valence-corrected chi connectivity index (χ2v) is 35.7. The normalized spacial score (nSPS) is 32.5. The molecule has 0 radical (unpaired) electrons. The fourth-order valence-electron chi connectivity index (χ4n) is 9.34. The van der Waals surface area contributed by atoms with Gasteiger partial charge in [0.1, 0.15) is 18.3 Å². The van der Waals surface area contributed by atoms with Crippen molar-refractivity contribution in [1.82, 2.24) is 0 Å². The Morgan fingerprint density at radius 3 is 1.20 bits per heavy atom. The Balaban J connectivity index is 1.93. The molecule has 0 unspecified atom stereocenters. The summed E-state index contributed by atoms with van der Waals surface area (Å²) in [7, 11) is -7.84. The van der Waals surface area contributed by atoms with Gasteiger partial charge in [-0.3, -0.25) is 0 Å². The third-order valence-electron chi connectivity index (χ3n) is 14.5. The zero-order valence-corrected chi connectivity index (χ0v) is 42.1. The first-order valence-electron chi connectivity index (χ1n) is 22.9. The van der Waals surface area contributed by atoms with Gasteiger partial charge in [-0.2, -0.15) is 0 Å². The van der Waals surface area contributed by atoms with Crippen LogP contribution in [0.25, 0.3) is 0 Å². The molecule has 13 heteroatoms. The van der Waals surface area contributed by atoms with Gasteiger partial charge in [0.25, 0.3) is 0 Å². The van der Waals surface area contributed by atoms with Gasteiger partial charge >= 0.3 is 0 Å². The van der Waals surface area contributed by atoms with Crippen molar-refractivity contribution in [2.45, 2.75) is 257 Å². The van der Waals surface area contributed by atoms with Gasteiger partial charge in [-0.15, -0.1) is 0 Å². The van der Waals surface area contributed by atoms with E-state index in [4.69, 9.17) is 41.4 Å². The van der Waals surface area contributed by atoms with Crippen LogP contribution in [0.1, 0.15) is 117 Å². The van der Waals surface area contributed by atoms with E-state index in [9.17, 15) is 0 Å². The molecule has 0 N–H and O–H groups in total. The van der Waals surface area contributed by atoms with Crippen LogP contribution in [-0.2, 0) is 41.4 Å². The molecule has 3 aliphatic heterocycles. The Kier molecular flexibility index (Phi) is 20.3. The van der Waals surface area contributed by atoms with Crippen LogP contribution in [0.15, 0.2) is 12.3 Å². The van der Waals surface area contributed by atoms with E-state index >= 15 is 0 Å². The van der Waals surface area contributed by atoms with E-state index in [1.165, 1.54) is 0 Å². The summed E-state index contributed by atoms with van der Waals surface area (Å²) >= 11 is 0. The summed E-state index contributed by atoms with van der Waals surface area (Å²) in [6.07, 6.45) is 2.33. The average Bonchev–Trinajstić information content (AvgIpc) is 3.20. The van der Waals surface area contributed by atoms with E-state index < -0.39 is 45.8 Å².